The van der Waals surface area contributed by atoms with Crippen LogP contribution in [0, 0.1) is 0 Å². The monoisotopic (exact) mass is 216 g/mol. The van der Waals surface area contributed by atoms with E-state index in [2.05, 4.69) is 0 Å². The van der Waals surface area contributed by atoms with Gasteiger partial charge in [-0.2, -0.15) is 0 Å². The second-order valence-electron chi connectivity index (χ2n) is 3.98. The molecule has 1 aliphatic heterocycles. The first-order valence-electron chi connectivity index (χ1n) is 5.22. The number of rotatable bonds is 4. The average Bonchev–Trinajstić information content (AvgIpc) is 2.23. The maximum atomic E-state index is 11.8. The molecule has 1 rings (SSSR count). The smallest absolute Gasteiger partial charge is 0.242 e. The molecule has 0 saturated carbocycles. The van der Waals surface area contributed by atoms with Crippen LogP contribution < -0.4 is 0 Å². The van der Waals surface area contributed by atoms with Crippen molar-refractivity contribution in [2.24, 2.45) is 0 Å². The number of hydrogen-bond acceptors (Lipinski definition) is 4. The van der Waals surface area contributed by atoms with Crippen molar-refractivity contribution in [3.63, 3.8) is 0 Å². The molecule has 2 unspecified atom stereocenters. The summed E-state index contributed by atoms with van der Waals surface area (Å²) < 4.78 is 4.99. The van der Waals surface area contributed by atoms with Gasteiger partial charge >= 0.3 is 0 Å². The summed E-state index contributed by atoms with van der Waals surface area (Å²) in [4.78, 5) is 15.5. The van der Waals surface area contributed by atoms with E-state index in [1.54, 1.807) is 19.1 Å². The summed E-state index contributed by atoms with van der Waals surface area (Å²) in [5, 5.41) is 9.21. The molecule has 0 radical (unpaired) electrons. The molecule has 0 aliphatic carbocycles. The van der Waals surface area contributed by atoms with Crippen molar-refractivity contribution in [1.82, 2.24) is 9.80 Å². The number of carbonyl (C=O) groups is 1. The molecule has 1 N–H and O–H groups in total. The van der Waals surface area contributed by atoms with Crippen molar-refractivity contribution in [2.75, 3.05) is 40.5 Å². The van der Waals surface area contributed by atoms with Gasteiger partial charge in [0.15, 0.2) is 0 Å². The molecule has 5 nitrogen and oxygen atoms in total. The molecule has 1 heterocycles. The summed E-state index contributed by atoms with van der Waals surface area (Å²) in [6, 6.07) is -0.210. The quantitative estimate of drug-likeness (QED) is 0.665. The number of aliphatic hydroxyl groups is 1. The first kappa shape index (κ1) is 12.4. The highest BCUT2D eigenvalue weighted by atomic mass is 16.5. The van der Waals surface area contributed by atoms with Crippen LogP contribution in [-0.2, 0) is 9.53 Å². The van der Waals surface area contributed by atoms with Gasteiger partial charge in [-0.3, -0.25) is 9.69 Å². The first-order valence-corrected chi connectivity index (χ1v) is 5.22. The molecule has 1 amide bonds. The Hall–Kier alpha value is -0.650. The Morgan fingerprint density at radius 2 is 2.27 bits per heavy atom. The topological polar surface area (TPSA) is 53.0 Å². The van der Waals surface area contributed by atoms with Gasteiger partial charge in [0.1, 0.15) is 6.04 Å². The van der Waals surface area contributed by atoms with Crippen molar-refractivity contribution in [2.45, 2.75) is 19.0 Å². The van der Waals surface area contributed by atoms with Crippen LogP contribution in [0.2, 0.25) is 0 Å². The number of ether oxygens (including phenoxy) is 1. The molecule has 88 valence electrons. The van der Waals surface area contributed by atoms with Crippen molar-refractivity contribution >= 4 is 5.91 Å². The summed E-state index contributed by atoms with van der Waals surface area (Å²) in [6.45, 7) is 3.94. The number of hydrogen-bond donors (Lipinski definition) is 1. The number of piperazine rings is 1. The van der Waals surface area contributed by atoms with Gasteiger partial charge < -0.3 is 14.7 Å². The van der Waals surface area contributed by atoms with E-state index >= 15 is 0 Å². The van der Waals surface area contributed by atoms with Crippen LogP contribution in [0.15, 0.2) is 0 Å². The Kier molecular flexibility index (Phi) is 4.50. The average molecular weight is 216 g/mol. The van der Waals surface area contributed by atoms with Crippen molar-refractivity contribution in [3.8, 4) is 0 Å². The molecule has 0 aromatic carbocycles. The summed E-state index contributed by atoms with van der Waals surface area (Å²) in [6.07, 6.45) is 0. The van der Waals surface area contributed by atoms with E-state index in [1.807, 2.05) is 11.8 Å². The lowest BCUT2D eigenvalue weighted by Gasteiger charge is -2.42. The van der Waals surface area contributed by atoms with Gasteiger partial charge in [-0.05, 0) is 6.92 Å². The number of amides is 1. The standard InChI is InChI=1S/C10H20N2O3/c1-8-6-12(4-5-15-3)9(7-13)10(14)11(8)2/h8-9,13H,4-7H2,1-3H3. The molecule has 0 spiro atoms. The number of likely N-dealkylation sites (N-methyl/N-ethyl adjacent to an activating group) is 1. The van der Waals surface area contributed by atoms with E-state index in [9.17, 15) is 9.90 Å². The van der Waals surface area contributed by atoms with E-state index in [1.165, 1.54) is 0 Å². The third-order valence-corrected chi connectivity index (χ3v) is 2.99. The highest BCUT2D eigenvalue weighted by Gasteiger charge is 2.35. The fourth-order valence-electron chi connectivity index (χ4n) is 1.85. The van der Waals surface area contributed by atoms with Gasteiger partial charge in [0.25, 0.3) is 0 Å². The molecular formula is C10H20N2O3. The molecule has 1 saturated heterocycles. The van der Waals surface area contributed by atoms with E-state index < -0.39 is 6.04 Å². The van der Waals surface area contributed by atoms with E-state index in [-0.39, 0.29) is 18.6 Å². The predicted octanol–water partition coefficient (Wildman–Crippen LogP) is -0.844. The van der Waals surface area contributed by atoms with Crippen molar-refractivity contribution in [3.05, 3.63) is 0 Å². The molecule has 1 aliphatic rings. The Morgan fingerprint density at radius 3 is 2.80 bits per heavy atom. The molecule has 0 aromatic rings. The van der Waals surface area contributed by atoms with Gasteiger partial charge in [-0.1, -0.05) is 0 Å². The number of nitrogens with zero attached hydrogens (tertiary/aromatic N) is 2. The number of carbonyl (C=O) groups excluding carboxylic acids is 1. The Morgan fingerprint density at radius 1 is 1.60 bits per heavy atom. The molecule has 0 aromatic heterocycles. The number of methoxy groups -OCH3 is 1. The van der Waals surface area contributed by atoms with Crippen LogP contribution in [0.3, 0.4) is 0 Å². The van der Waals surface area contributed by atoms with Gasteiger partial charge in [0, 0.05) is 33.3 Å². The van der Waals surface area contributed by atoms with Crippen LogP contribution in [0.1, 0.15) is 6.92 Å². The summed E-state index contributed by atoms with van der Waals surface area (Å²) in [7, 11) is 3.42. The van der Waals surface area contributed by atoms with Crippen LogP contribution in [0.25, 0.3) is 0 Å². The Balaban J connectivity index is 2.64. The largest absolute Gasteiger partial charge is 0.394 e. The van der Waals surface area contributed by atoms with Crippen molar-refractivity contribution in [1.29, 1.82) is 0 Å². The fraction of sp³-hybridized carbons (Fsp3) is 0.900. The molecule has 0 bridgehead atoms. The summed E-state index contributed by atoms with van der Waals surface area (Å²) in [5.41, 5.74) is 0. The first-order chi connectivity index (χ1) is 7.11. The zero-order valence-electron chi connectivity index (χ0n) is 9.64. The molecule has 5 heteroatoms. The van der Waals surface area contributed by atoms with Crippen LogP contribution in [0.5, 0.6) is 0 Å². The highest BCUT2D eigenvalue weighted by Crippen LogP contribution is 2.14. The lowest BCUT2D eigenvalue weighted by Crippen LogP contribution is -2.61. The lowest BCUT2D eigenvalue weighted by atomic mass is 10.1. The van der Waals surface area contributed by atoms with E-state index in [0.717, 1.165) is 6.54 Å². The SMILES string of the molecule is COCCN1CC(C)N(C)C(=O)C1CO. The predicted molar refractivity (Wildman–Crippen MR) is 56.6 cm³/mol. The van der Waals surface area contributed by atoms with Gasteiger partial charge in [0.05, 0.1) is 13.2 Å². The fourth-order valence-corrected chi connectivity index (χ4v) is 1.85. The molecule has 15 heavy (non-hydrogen) atoms. The van der Waals surface area contributed by atoms with Crippen molar-refractivity contribution < 1.29 is 14.6 Å². The van der Waals surface area contributed by atoms with E-state index in [4.69, 9.17) is 4.74 Å². The second kappa shape index (κ2) is 5.44. The van der Waals surface area contributed by atoms with Crippen LogP contribution in [-0.4, -0.2) is 73.4 Å². The summed E-state index contributed by atoms with van der Waals surface area (Å²) >= 11 is 0. The molecular weight excluding hydrogens is 196 g/mol. The minimum Gasteiger partial charge on any atom is -0.394 e. The third kappa shape index (κ3) is 2.68. The highest BCUT2D eigenvalue weighted by molar-refractivity contribution is 5.82. The van der Waals surface area contributed by atoms with Crippen LogP contribution >= 0.6 is 0 Å². The zero-order valence-corrected chi connectivity index (χ0v) is 9.64. The maximum Gasteiger partial charge on any atom is 0.242 e. The number of aliphatic hydroxyl groups excluding tert-OH is 1. The third-order valence-electron chi connectivity index (χ3n) is 2.99. The lowest BCUT2D eigenvalue weighted by molar-refractivity contribution is -0.145. The van der Waals surface area contributed by atoms with Crippen LogP contribution in [0.4, 0.5) is 0 Å². The minimum atomic E-state index is -0.402. The molecule has 1 fully saturated rings. The minimum absolute atomic E-state index is 0.00708. The van der Waals surface area contributed by atoms with E-state index in [0.29, 0.717) is 13.2 Å². The molecule has 2 atom stereocenters. The normalized spacial score (nSPS) is 28.5. The van der Waals surface area contributed by atoms with Gasteiger partial charge in [-0.25, -0.2) is 0 Å². The second-order valence-corrected chi connectivity index (χ2v) is 3.98. The zero-order chi connectivity index (χ0) is 11.4. The Labute approximate surface area is 90.6 Å². The van der Waals surface area contributed by atoms with Gasteiger partial charge in [-0.15, -0.1) is 0 Å². The maximum absolute atomic E-state index is 11.8. The Bertz CT molecular complexity index is 223. The van der Waals surface area contributed by atoms with Gasteiger partial charge in [0.2, 0.25) is 5.91 Å². The summed E-state index contributed by atoms with van der Waals surface area (Å²) in [5.74, 6) is -0.00708.